The maximum Gasteiger partial charge on any atom is 0.321 e. The summed E-state index contributed by atoms with van der Waals surface area (Å²) in [4.78, 5) is 10.5. The van der Waals surface area contributed by atoms with Gasteiger partial charge in [-0.1, -0.05) is 0 Å². The number of hydrogen-bond donors (Lipinski definition) is 3. The molecule has 0 spiro atoms. The normalized spacial score (nSPS) is 12.8. The van der Waals surface area contributed by atoms with Crippen molar-refractivity contribution < 1.29 is 9.90 Å². The lowest BCUT2D eigenvalue weighted by Crippen LogP contribution is -2.40. The summed E-state index contributed by atoms with van der Waals surface area (Å²) < 4.78 is 1.81. The van der Waals surface area contributed by atoms with Crippen LogP contribution in [0.4, 0.5) is 0 Å². The molecule has 1 atom stereocenters. The Labute approximate surface area is 94.4 Å². The minimum atomic E-state index is -0.993. The second-order valence-corrected chi connectivity index (χ2v) is 3.85. The number of aryl methyl sites for hydroxylation is 2. The number of carbonyl (C=O) groups is 1. The van der Waals surface area contributed by atoms with Crippen molar-refractivity contribution in [2.75, 3.05) is 6.54 Å². The van der Waals surface area contributed by atoms with Gasteiger partial charge < -0.3 is 16.2 Å². The molecule has 90 valence electrons. The Balaban J connectivity index is 2.52. The molecule has 0 bridgehead atoms. The molecule has 1 aromatic rings. The van der Waals surface area contributed by atoms with Crippen molar-refractivity contribution in [1.82, 2.24) is 15.1 Å². The number of aliphatic carboxylic acids is 1. The fraction of sp³-hybridized carbons (Fsp3) is 0.600. The average Bonchev–Trinajstić information content (AvgIpc) is 2.44. The van der Waals surface area contributed by atoms with E-state index < -0.39 is 12.0 Å². The van der Waals surface area contributed by atoms with Crippen LogP contribution in [0, 0.1) is 13.8 Å². The first-order valence-electron chi connectivity index (χ1n) is 5.11. The third-order valence-corrected chi connectivity index (χ3v) is 2.64. The molecule has 1 rings (SSSR count). The van der Waals surface area contributed by atoms with Gasteiger partial charge in [-0.15, -0.1) is 0 Å². The third-order valence-electron chi connectivity index (χ3n) is 2.64. The summed E-state index contributed by atoms with van der Waals surface area (Å²) in [6.07, 6.45) is 0. The number of carboxylic acid groups (broad SMARTS) is 1. The molecule has 0 aromatic carbocycles. The Kier molecular flexibility index (Phi) is 4.03. The van der Waals surface area contributed by atoms with Crippen molar-refractivity contribution in [3.8, 4) is 0 Å². The Morgan fingerprint density at radius 1 is 1.62 bits per heavy atom. The largest absolute Gasteiger partial charge is 0.480 e. The standard InChI is InChI=1S/C10H18N4O2/c1-6-8(7(2)14(3)13-6)4-12-5-9(11)10(15)16/h9,12H,4-5,11H2,1-3H3,(H,15,16). The van der Waals surface area contributed by atoms with Crippen molar-refractivity contribution >= 4 is 5.97 Å². The number of rotatable bonds is 5. The number of carboxylic acids is 1. The summed E-state index contributed by atoms with van der Waals surface area (Å²) in [5.74, 6) is -0.993. The molecule has 1 unspecified atom stereocenters. The number of hydrogen-bond acceptors (Lipinski definition) is 4. The maximum atomic E-state index is 10.5. The highest BCUT2D eigenvalue weighted by Crippen LogP contribution is 2.10. The van der Waals surface area contributed by atoms with E-state index in [0.717, 1.165) is 17.0 Å². The quantitative estimate of drug-likeness (QED) is 0.631. The fourth-order valence-corrected chi connectivity index (χ4v) is 1.51. The van der Waals surface area contributed by atoms with E-state index in [0.29, 0.717) is 6.54 Å². The molecule has 1 aromatic heterocycles. The van der Waals surface area contributed by atoms with Crippen LogP contribution in [0.5, 0.6) is 0 Å². The molecule has 1 heterocycles. The first-order chi connectivity index (χ1) is 7.43. The number of nitrogens with two attached hydrogens (primary N) is 1. The number of aromatic nitrogens is 2. The average molecular weight is 226 g/mol. The Hall–Kier alpha value is -1.40. The molecule has 0 saturated heterocycles. The van der Waals surface area contributed by atoms with Crippen LogP contribution in [0.2, 0.25) is 0 Å². The van der Waals surface area contributed by atoms with Gasteiger partial charge in [0.1, 0.15) is 6.04 Å². The molecule has 6 heteroatoms. The van der Waals surface area contributed by atoms with Crippen LogP contribution in [0.1, 0.15) is 17.0 Å². The predicted molar refractivity (Wildman–Crippen MR) is 60.0 cm³/mol. The second-order valence-electron chi connectivity index (χ2n) is 3.85. The smallest absolute Gasteiger partial charge is 0.321 e. The van der Waals surface area contributed by atoms with Gasteiger partial charge in [0.25, 0.3) is 0 Å². The first-order valence-corrected chi connectivity index (χ1v) is 5.11. The van der Waals surface area contributed by atoms with Crippen LogP contribution in [-0.2, 0) is 18.4 Å². The van der Waals surface area contributed by atoms with E-state index in [2.05, 4.69) is 10.4 Å². The molecular formula is C10H18N4O2. The lowest BCUT2D eigenvalue weighted by molar-refractivity contribution is -0.138. The number of nitrogens with one attached hydrogen (secondary N) is 1. The highest BCUT2D eigenvalue weighted by molar-refractivity contribution is 5.73. The molecule has 6 nitrogen and oxygen atoms in total. The van der Waals surface area contributed by atoms with Gasteiger partial charge in [-0.2, -0.15) is 5.10 Å². The fourth-order valence-electron chi connectivity index (χ4n) is 1.51. The van der Waals surface area contributed by atoms with E-state index in [-0.39, 0.29) is 6.54 Å². The van der Waals surface area contributed by atoms with Crippen LogP contribution in [-0.4, -0.2) is 33.4 Å². The molecule has 0 aliphatic rings. The summed E-state index contributed by atoms with van der Waals surface area (Å²) in [6.45, 7) is 4.75. The summed E-state index contributed by atoms with van der Waals surface area (Å²) in [5.41, 5.74) is 8.51. The van der Waals surface area contributed by atoms with E-state index in [1.807, 2.05) is 25.6 Å². The monoisotopic (exact) mass is 226 g/mol. The zero-order valence-corrected chi connectivity index (χ0v) is 9.82. The molecule has 4 N–H and O–H groups in total. The Morgan fingerprint density at radius 2 is 2.25 bits per heavy atom. The Bertz CT molecular complexity index is 386. The Morgan fingerprint density at radius 3 is 2.69 bits per heavy atom. The van der Waals surface area contributed by atoms with Gasteiger partial charge in [0.2, 0.25) is 0 Å². The van der Waals surface area contributed by atoms with E-state index in [4.69, 9.17) is 10.8 Å². The van der Waals surface area contributed by atoms with Gasteiger partial charge in [-0.3, -0.25) is 9.48 Å². The summed E-state index contributed by atoms with van der Waals surface area (Å²) in [6, 6.07) is -0.864. The third kappa shape index (κ3) is 2.80. The molecule has 0 amide bonds. The van der Waals surface area contributed by atoms with Gasteiger partial charge in [0, 0.05) is 31.4 Å². The predicted octanol–water partition coefficient (Wildman–Crippen LogP) is -0.462. The van der Waals surface area contributed by atoms with E-state index >= 15 is 0 Å². The van der Waals surface area contributed by atoms with Gasteiger partial charge >= 0.3 is 5.97 Å². The van der Waals surface area contributed by atoms with Crippen LogP contribution >= 0.6 is 0 Å². The first kappa shape index (κ1) is 12.7. The van der Waals surface area contributed by atoms with Crippen LogP contribution < -0.4 is 11.1 Å². The minimum absolute atomic E-state index is 0.253. The highest BCUT2D eigenvalue weighted by atomic mass is 16.4. The van der Waals surface area contributed by atoms with Crippen molar-refractivity contribution in [1.29, 1.82) is 0 Å². The van der Waals surface area contributed by atoms with Gasteiger partial charge in [0.05, 0.1) is 5.69 Å². The maximum absolute atomic E-state index is 10.5. The molecule has 0 aliphatic carbocycles. The summed E-state index contributed by atoms with van der Waals surface area (Å²) in [5, 5.41) is 15.9. The molecule has 0 saturated carbocycles. The summed E-state index contributed by atoms with van der Waals surface area (Å²) >= 11 is 0. The van der Waals surface area contributed by atoms with E-state index in [1.165, 1.54) is 0 Å². The van der Waals surface area contributed by atoms with Crippen molar-refractivity contribution in [3.63, 3.8) is 0 Å². The van der Waals surface area contributed by atoms with Crippen molar-refractivity contribution in [2.45, 2.75) is 26.4 Å². The summed E-state index contributed by atoms with van der Waals surface area (Å²) in [7, 11) is 1.88. The van der Waals surface area contributed by atoms with Crippen molar-refractivity contribution in [2.24, 2.45) is 12.8 Å². The zero-order chi connectivity index (χ0) is 12.3. The molecular weight excluding hydrogens is 208 g/mol. The number of nitrogens with zero attached hydrogens (tertiary/aromatic N) is 2. The highest BCUT2D eigenvalue weighted by Gasteiger charge is 2.12. The topological polar surface area (TPSA) is 93.2 Å². The van der Waals surface area contributed by atoms with E-state index in [1.54, 1.807) is 0 Å². The van der Waals surface area contributed by atoms with Crippen molar-refractivity contribution in [3.05, 3.63) is 17.0 Å². The van der Waals surface area contributed by atoms with Crippen LogP contribution in [0.25, 0.3) is 0 Å². The van der Waals surface area contributed by atoms with Gasteiger partial charge in [-0.25, -0.2) is 0 Å². The molecule has 16 heavy (non-hydrogen) atoms. The van der Waals surface area contributed by atoms with Gasteiger partial charge in [-0.05, 0) is 13.8 Å². The molecule has 0 radical (unpaired) electrons. The molecule has 0 fully saturated rings. The van der Waals surface area contributed by atoms with Gasteiger partial charge in [0.15, 0.2) is 0 Å². The van der Waals surface area contributed by atoms with Crippen LogP contribution in [0.3, 0.4) is 0 Å². The lowest BCUT2D eigenvalue weighted by atomic mass is 10.2. The molecule has 0 aliphatic heterocycles. The van der Waals surface area contributed by atoms with Crippen LogP contribution in [0.15, 0.2) is 0 Å². The minimum Gasteiger partial charge on any atom is -0.480 e. The lowest BCUT2D eigenvalue weighted by Gasteiger charge is -2.08. The second kappa shape index (κ2) is 5.09. The zero-order valence-electron chi connectivity index (χ0n) is 9.82. The van der Waals surface area contributed by atoms with E-state index in [9.17, 15) is 4.79 Å². The SMILES string of the molecule is Cc1nn(C)c(C)c1CNCC(N)C(=O)O.